The van der Waals surface area contributed by atoms with Crippen molar-refractivity contribution in [3.05, 3.63) is 72.1 Å². The summed E-state index contributed by atoms with van der Waals surface area (Å²) in [5.74, 6) is -1.24. The summed E-state index contributed by atoms with van der Waals surface area (Å²) in [6.45, 7) is 1.12. The zero-order valence-corrected chi connectivity index (χ0v) is 13.5. The first kappa shape index (κ1) is 16.2. The average Bonchev–Trinajstić information content (AvgIpc) is 2.63. The topological polar surface area (TPSA) is 32.3 Å². The molecule has 1 atom stereocenters. The Morgan fingerprint density at radius 2 is 1.75 bits per heavy atom. The highest BCUT2D eigenvalue weighted by Gasteiger charge is 2.25. The number of para-hydroxylation sites is 1. The second kappa shape index (κ2) is 7.77. The van der Waals surface area contributed by atoms with Gasteiger partial charge in [0.25, 0.3) is 5.91 Å². The van der Waals surface area contributed by atoms with Gasteiger partial charge in [-0.25, -0.2) is 4.39 Å². The molecule has 0 aromatic heterocycles. The number of rotatable bonds is 4. The molecule has 1 aliphatic heterocycles. The summed E-state index contributed by atoms with van der Waals surface area (Å²) in [4.78, 5) is 14.0. The molecule has 1 heterocycles. The second-order valence-electron chi connectivity index (χ2n) is 6.00. The van der Waals surface area contributed by atoms with E-state index in [4.69, 9.17) is 0 Å². The minimum Gasteiger partial charge on any atom is -0.381 e. The van der Waals surface area contributed by atoms with Crippen LogP contribution in [0.25, 0.3) is 6.08 Å². The molecule has 0 spiro atoms. The maximum Gasteiger partial charge on any atom is 0.282 e. The predicted octanol–water partition coefficient (Wildman–Crippen LogP) is 4.10. The molecule has 1 saturated heterocycles. The Kier molecular flexibility index (Phi) is 5.26. The van der Waals surface area contributed by atoms with E-state index in [0.717, 1.165) is 18.5 Å². The third-order valence-corrected chi connectivity index (χ3v) is 4.15. The minimum absolute atomic E-state index is 0.148. The minimum atomic E-state index is -0.707. The van der Waals surface area contributed by atoms with Crippen LogP contribution >= 0.6 is 0 Å². The molecule has 0 unspecified atom stereocenters. The highest BCUT2D eigenvalue weighted by Crippen LogP contribution is 2.19. The molecule has 1 fully saturated rings. The molecule has 24 heavy (non-hydrogen) atoms. The third-order valence-electron chi connectivity index (χ3n) is 4.15. The first-order chi connectivity index (χ1) is 11.7. The van der Waals surface area contributed by atoms with E-state index in [1.54, 1.807) is 17.0 Å². The van der Waals surface area contributed by atoms with Crippen molar-refractivity contribution < 1.29 is 9.18 Å². The van der Waals surface area contributed by atoms with E-state index in [0.29, 0.717) is 18.7 Å². The fraction of sp³-hybridized carbons (Fsp3) is 0.250. The third kappa shape index (κ3) is 4.22. The van der Waals surface area contributed by atoms with Gasteiger partial charge in [0, 0.05) is 24.8 Å². The molecular weight excluding hydrogens is 303 g/mol. The van der Waals surface area contributed by atoms with Crippen LogP contribution in [0, 0.1) is 0 Å². The lowest BCUT2D eigenvalue weighted by atomic mass is 10.0. The van der Waals surface area contributed by atoms with Gasteiger partial charge in [-0.2, -0.15) is 0 Å². The van der Waals surface area contributed by atoms with Gasteiger partial charge in [-0.05, 0) is 36.6 Å². The van der Waals surface area contributed by atoms with Crippen LogP contribution in [0.4, 0.5) is 10.1 Å². The van der Waals surface area contributed by atoms with Gasteiger partial charge in [-0.1, -0.05) is 48.5 Å². The summed E-state index contributed by atoms with van der Waals surface area (Å²) in [5.41, 5.74) is 1.72. The zero-order chi connectivity index (χ0) is 16.8. The second-order valence-corrected chi connectivity index (χ2v) is 6.00. The number of likely N-dealkylation sites (tertiary alicyclic amines) is 1. The molecule has 3 nitrogen and oxygen atoms in total. The van der Waals surface area contributed by atoms with Crippen LogP contribution < -0.4 is 5.32 Å². The molecular formula is C20H21FN2O. The Bertz CT molecular complexity index is 700. The highest BCUT2D eigenvalue weighted by atomic mass is 19.1. The van der Waals surface area contributed by atoms with Gasteiger partial charge in [0.2, 0.25) is 0 Å². The number of carbonyl (C=O) groups excluding carboxylic acids is 1. The summed E-state index contributed by atoms with van der Waals surface area (Å²) in [5, 5.41) is 3.42. The number of nitrogens with one attached hydrogen (secondary N) is 1. The lowest BCUT2D eigenvalue weighted by Crippen LogP contribution is -2.45. The first-order valence-electron chi connectivity index (χ1n) is 8.25. The molecule has 0 saturated carbocycles. The Hall–Kier alpha value is -2.62. The van der Waals surface area contributed by atoms with Crippen molar-refractivity contribution in [2.75, 3.05) is 18.4 Å². The van der Waals surface area contributed by atoms with Crippen molar-refractivity contribution in [2.24, 2.45) is 0 Å². The summed E-state index contributed by atoms with van der Waals surface area (Å²) >= 11 is 0. The molecule has 1 amide bonds. The molecule has 4 heteroatoms. The molecule has 1 N–H and O–H groups in total. The molecule has 0 radical (unpaired) electrons. The number of piperidine rings is 1. The summed E-state index contributed by atoms with van der Waals surface area (Å²) in [7, 11) is 0. The molecule has 2 aromatic rings. The Morgan fingerprint density at radius 1 is 1.08 bits per heavy atom. The van der Waals surface area contributed by atoms with Gasteiger partial charge in [-0.15, -0.1) is 0 Å². The lowest BCUT2D eigenvalue weighted by Gasteiger charge is -2.33. The van der Waals surface area contributed by atoms with Crippen LogP contribution in [0.3, 0.4) is 0 Å². The smallest absolute Gasteiger partial charge is 0.282 e. The SMILES string of the molecule is O=C(/C(F)=C/c1ccccc1)N1CCC[C@@H](Nc2ccccc2)C1. The lowest BCUT2D eigenvalue weighted by molar-refractivity contribution is -0.129. The van der Waals surface area contributed by atoms with Crippen molar-refractivity contribution in [3.8, 4) is 0 Å². The molecule has 0 bridgehead atoms. The van der Waals surface area contributed by atoms with Crippen molar-refractivity contribution in [1.29, 1.82) is 0 Å². The van der Waals surface area contributed by atoms with E-state index in [1.807, 2.05) is 48.5 Å². The fourth-order valence-electron chi connectivity index (χ4n) is 2.96. The average molecular weight is 324 g/mol. The van der Waals surface area contributed by atoms with Gasteiger partial charge >= 0.3 is 0 Å². The highest BCUT2D eigenvalue weighted by molar-refractivity contribution is 5.95. The number of hydrogen-bond acceptors (Lipinski definition) is 2. The van der Waals surface area contributed by atoms with E-state index in [1.165, 1.54) is 6.08 Å². The normalized spacial score (nSPS) is 18.3. The molecule has 1 aliphatic rings. The number of benzene rings is 2. The maximum absolute atomic E-state index is 14.3. The largest absolute Gasteiger partial charge is 0.381 e. The van der Waals surface area contributed by atoms with Gasteiger partial charge < -0.3 is 10.2 Å². The molecule has 2 aromatic carbocycles. The van der Waals surface area contributed by atoms with Gasteiger partial charge in [0.15, 0.2) is 5.83 Å². The number of nitrogens with zero attached hydrogens (tertiary/aromatic N) is 1. The van der Waals surface area contributed by atoms with Gasteiger partial charge in [0.05, 0.1) is 0 Å². The first-order valence-corrected chi connectivity index (χ1v) is 8.25. The van der Waals surface area contributed by atoms with Crippen LogP contribution in [0.15, 0.2) is 66.5 Å². The summed E-state index contributed by atoms with van der Waals surface area (Å²) < 4.78 is 14.3. The number of carbonyl (C=O) groups is 1. The molecule has 124 valence electrons. The maximum atomic E-state index is 14.3. The van der Waals surface area contributed by atoms with Crippen LogP contribution in [0.1, 0.15) is 18.4 Å². The number of anilines is 1. The van der Waals surface area contributed by atoms with Crippen LogP contribution in [-0.4, -0.2) is 29.9 Å². The molecule has 3 rings (SSSR count). The van der Waals surface area contributed by atoms with Crippen LogP contribution in [-0.2, 0) is 4.79 Å². The zero-order valence-electron chi connectivity index (χ0n) is 13.5. The quantitative estimate of drug-likeness (QED) is 0.859. The van der Waals surface area contributed by atoms with Gasteiger partial charge in [-0.3, -0.25) is 4.79 Å². The standard InChI is InChI=1S/C20H21FN2O/c21-19(14-16-8-3-1-4-9-16)20(24)23-13-7-12-18(15-23)22-17-10-5-2-6-11-17/h1-6,8-11,14,18,22H,7,12-13,15H2/b19-14-/t18-/m1/s1. The number of halogens is 1. The Balaban J connectivity index is 1.63. The summed E-state index contributed by atoms with van der Waals surface area (Å²) in [6, 6.07) is 19.1. The van der Waals surface area contributed by atoms with E-state index in [2.05, 4.69) is 5.32 Å². The van der Waals surface area contributed by atoms with E-state index in [9.17, 15) is 9.18 Å². The Labute approximate surface area is 141 Å². The fourth-order valence-corrected chi connectivity index (χ4v) is 2.96. The molecule has 0 aliphatic carbocycles. The van der Waals surface area contributed by atoms with Crippen molar-refractivity contribution in [2.45, 2.75) is 18.9 Å². The predicted molar refractivity (Wildman–Crippen MR) is 95.2 cm³/mol. The van der Waals surface area contributed by atoms with Crippen molar-refractivity contribution in [1.82, 2.24) is 4.90 Å². The van der Waals surface area contributed by atoms with E-state index >= 15 is 0 Å². The van der Waals surface area contributed by atoms with E-state index < -0.39 is 11.7 Å². The number of hydrogen-bond donors (Lipinski definition) is 1. The van der Waals surface area contributed by atoms with Gasteiger partial charge in [0.1, 0.15) is 0 Å². The van der Waals surface area contributed by atoms with Crippen LogP contribution in [0.5, 0.6) is 0 Å². The summed E-state index contributed by atoms with van der Waals surface area (Å²) in [6.07, 6.45) is 3.15. The van der Waals surface area contributed by atoms with Crippen molar-refractivity contribution in [3.63, 3.8) is 0 Å². The van der Waals surface area contributed by atoms with E-state index in [-0.39, 0.29) is 6.04 Å². The number of amides is 1. The Morgan fingerprint density at radius 3 is 2.46 bits per heavy atom. The monoisotopic (exact) mass is 324 g/mol. The van der Waals surface area contributed by atoms with Crippen molar-refractivity contribution >= 4 is 17.7 Å². The van der Waals surface area contributed by atoms with Crippen LogP contribution in [0.2, 0.25) is 0 Å².